The molecule has 6 nitrogen and oxygen atoms in total. The number of hydrogen-bond donors (Lipinski definition) is 0. The third-order valence-electron chi connectivity index (χ3n) is 5.28. The Balaban J connectivity index is 1.78. The maximum absolute atomic E-state index is 12.0. The van der Waals surface area contributed by atoms with Crippen molar-refractivity contribution < 1.29 is 9.53 Å². The third kappa shape index (κ3) is 3.16. The van der Waals surface area contributed by atoms with Crippen molar-refractivity contribution in [2.45, 2.75) is 26.7 Å². The minimum absolute atomic E-state index is 0.0951. The van der Waals surface area contributed by atoms with Gasteiger partial charge in [0.1, 0.15) is 5.82 Å². The van der Waals surface area contributed by atoms with E-state index in [-0.39, 0.29) is 11.9 Å². The molecule has 1 aromatic carbocycles. The minimum Gasteiger partial charge on any atom is -0.469 e. The van der Waals surface area contributed by atoms with Crippen LogP contribution in [0.5, 0.6) is 0 Å². The van der Waals surface area contributed by atoms with Gasteiger partial charge in [-0.1, -0.05) is 18.2 Å². The lowest BCUT2D eigenvalue weighted by Gasteiger charge is -2.32. The molecule has 0 bridgehead atoms. The zero-order chi connectivity index (χ0) is 19.0. The highest BCUT2D eigenvalue weighted by atomic mass is 16.5. The maximum atomic E-state index is 12.0. The number of benzene rings is 1. The first-order valence-corrected chi connectivity index (χ1v) is 9.33. The van der Waals surface area contributed by atoms with Crippen LogP contribution in [0.3, 0.4) is 0 Å². The predicted octanol–water partition coefficient (Wildman–Crippen LogP) is 3.43. The summed E-state index contributed by atoms with van der Waals surface area (Å²) >= 11 is 0. The molecule has 0 amide bonds. The van der Waals surface area contributed by atoms with Crippen LogP contribution in [0.2, 0.25) is 0 Å². The molecule has 6 heteroatoms. The van der Waals surface area contributed by atoms with E-state index in [9.17, 15) is 4.79 Å². The second-order valence-corrected chi connectivity index (χ2v) is 7.14. The summed E-state index contributed by atoms with van der Waals surface area (Å²) in [4.78, 5) is 19.1. The highest BCUT2D eigenvalue weighted by Crippen LogP contribution is 2.29. The number of carbonyl (C=O) groups excluding carboxylic acids is 1. The second kappa shape index (κ2) is 7.02. The van der Waals surface area contributed by atoms with Crippen LogP contribution in [-0.2, 0) is 9.53 Å². The van der Waals surface area contributed by atoms with Crippen LogP contribution in [0, 0.1) is 19.8 Å². The monoisotopic (exact) mass is 364 g/mol. The first kappa shape index (κ1) is 17.5. The number of carbonyl (C=O) groups is 1. The van der Waals surface area contributed by atoms with Gasteiger partial charge in [0.25, 0.3) is 0 Å². The van der Waals surface area contributed by atoms with Crippen LogP contribution in [0.25, 0.3) is 16.7 Å². The van der Waals surface area contributed by atoms with E-state index < -0.39 is 0 Å². The van der Waals surface area contributed by atoms with Gasteiger partial charge < -0.3 is 9.64 Å². The minimum atomic E-state index is -0.136. The molecule has 0 saturated carbocycles. The van der Waals surface area contributed by atoms with Crippen molar-refractivity contribution >= 4 is 22.8 Å². The highest BCUT2D eigenvalue weighted by molar-refractivity contribution is 5.85. The molecule has 4 rings (SSSR count). The molecule has 3 heterocycles. The van der Waals surface area contributed by atoms with E-state index in [0.717, 1.165) is 53.2 Å². The van der Waals surface area contributed by atoms with Crippen LogP contribution in [-0.4, -0.2) is 40.9 Å². The molecule has 1 aliphatic heterocycles. The van der Waals surface area contributed by atoms with Gasteiger partial charge in [0.15, 0.2) is 5.65 Å². The summed E-state index contributed by atoms with van der Waals surface area (Å²) in [7, 11) is 1.46. The van der Waals surface area contributed by atoms with Crippen LogP contribution >= 0.6 is 0 Å². The van der Waals surface area contributed by atoms with Crippen molar-refractivity contribution in [1.29, 1.82) is 0 Å². The summed E-state index contributed by atoms with van der Waals surface area (Å²) in [6.07, 6.45) is 1.82. The van der Waals surface area contributed by atoms with Crippen LogP contribution in [0.1, 0.15) is 24.1 Å². The Labute approximate surface area is 158 Å². The number of fused-ring (bicyclic) bond motifs is 1. The smallest absolute Gasteiger partial charge is 0.310 e. The van der Waals surface area contributed by atoms with Crippen molar-refractivity contribution in [2.75, 3.05) is 25.1 Å². The Bertz CT molecular complexity index is 981. The van der Waals surface area contributed by atoms with Gasteiger partial charge in [0.05, 0.1) is 24.4 Å². The summed E-state index contributed by atoms with van der Waals surface area (Å²) in [6, 6.07) is 12.2. The number of para-hydroxylation sites is 1. The molecule has 3 aromatic rings. The molecule has 1 atom stereocenters. The first-order valence-electron chi connectivity index (χ1n) is 9.33. The predicted molar refractivity (Wildman–Crippen MR) is 105 cm³/mol. The number of hydrogen-bond acceptors (Lipinski definition) is 5. The molecule has 1 saturated heterocycles. The lowest BCUT2D eigenvalue weighted by atomic mass is 9.98. The Morgan fingerprint density at radius 2 is 2.00 bits per heavy atom. The normalized spacial score (nSPS) is 17.3. The fourth-order valence-electron chi connectivity index (χ4n) is 3.94. The quantitative estimate of drug-likeness (QED) is 0.667. The van der Waals surface area contributed by atoms with Crippen molar-refractivity contribution in [3.8, 4) is 5.69 Å². The van der Waals surface area contributed by atoms with E-state index in [1.54, 1.807) is 0 Å². The number of ether oxygens (including phenoxy) is 1. The molecular formula is C21H24N4O2. The van der Waals surface area contributed by atoms with E-state index in [1.807, 2.05) is 41.9 Å². The number of aryl methyl sites for hydroxylation is 2. The van der Waals surface area contributed by atoms with Crippen LogP contribution in [0.15, 0.2) is 36.4 Å². The largest absolute Gasteiger partial charge is 0.469 e. The Hall–Kier alpha value is -2.89. The molecule has 1 fully saturated rings. The first-order chi connectivity index (χ1) is 13.1. The maximum Gasteiger partial charge on any atom is 0.310 e. The number of pyridine rings is 1. The van der Waals surface area contributed by atoms with Gasteiger partial charge in [0, 0.05) is 18.5 Å². The van der Waals surface area contributed by atoms with E-state index in [2.05, 4.69) is 17.9 Å². The summed E-state index contributed by atoms with van der Waals surface area (Å²) < 4.78 is 6.85. The van der Waals surface area contributed by atoms with Gasteiger partial charge in [-0.15, -0.1) is 0 Å². The lowest BCUT2D eigenvalue weighted by Crippen LogP contribution is -2.39. The zero-order valence-corrected chi connectivity index (χ0v) is 16.0. The molecule has 140 valence electrons. The number of anilines is 1. The van der Waals surface area contributed by atoms with Gasteiger partial charge in [-0.2, -0.15) is 5.10 Å². The molecule has 27 heavy (non-hydrogen) atoms. The molecule has 0 radical (unpaired) electrons. The van der Waals surface area contributed by atoms with Crippen molar-refractivity contribution in [2.24, 2.45) is 5.92 Å². The van der Waals surface area contributed by atoms with E-state index in [0.29, 0.717) is 6.54 Å². The SMILES string of the molecule is COC(=O)C1CCCN(c2cc(C)c3c(C)nn(-c4ccccc4)c3n2)C1. The molecule has 0 N–H and O–H groups in total. The topological polar surface area (TPSA) is 60.2 Å². The van der Waals surface area contributed by atoms with E-state index in [4.69, 9.17) is 14.8 Å². The molecule has 0 aliphatic carbocycles. The lowest BCUT2D eigenvalue weighted by molar-refractivity contribution is -0.145. The fourth-order valence-corrected chi connectivity index (χ4v) is 3.94. The summed E-state index contributed by atoms with van der Waals surface area (Å²) in [6.45, 7) is 5.65. The van der Waals surface area contributed by atoms with Gasteiger partial charge in [0.2, 0.25) is 0 Å². The second-order valence-electron chi connectivity index (χ2n) is 7.14. The van der Waals surface area contributed by atoms with Gasteiger partial charge in [-0.3, -0.25) is 4.79 Å². The molecule has 2 aromatic heterocycles. The highest BCUT2D eigenvalue weighted by Gasteiger charge is 2.28. The number of nitrogens with zero attached hydrogens (tertiary/aromatic N) is 4. The summed E-state index contributed by atoms with van der Waals surface area (Å²) in [5.41, 5.74) is 3.96. The van der Waals surface area contributed by atoms with E-state index in [1.165, 1.54) is 7.11 Å². The molecule has 0 spiro atoms. The van der Waals surface area contributed by atoms with Crippen LogP contribution < -0.4 is 4.90 Å². The van der Waals surface area contributed by atoms with Gasteiger partial charge in [-0.05, 0) is 50.5 Å². The standard InChI is InChI=1S/C21H24N4O2/c1-14-12-18(24-11-7-8-16(13-24)21(26)27-3)22-20-19(14)15(2)23-25(20)17-9-5-4-6-10-17/h4-6,9-10,12,16H,7-8,11,13H2,1-3H3. The third-order valence-corrected chi connectivity index (χ3v) is 5.28. The average molecular weight is 364 g/mol. The molecule has 1 unspecified atom stereocenters. The number of piperidine rings is 1. The fraction of sp³-hybridized carbons (Fsp3) is 0.381. The summed E-state index contributed by atoms with van der Waals surface area (Å²) in [5.74, 6) is 0.663. The Morgan fingerprint density at radius 3 is 2.74 bits per heavy atom. The Morgan fingerprint density at radius 1 is 1.22 bits per heavy atom. The number of aromatic nitrogens is 3. The van der Waals surface area contributed by atoms with Gasteiger partial charge in [-0.25, -0.2) is 9.67 Å². The van der Waals surface area contributed by atoms with Crippen molar-refractivity contribution in [1.82, 2.24) is 14.8 Å². The number of rotatable bonds is 3. The summed E-state index contributed by atoms with van der Waals surface area (Å²) in [5, 5.41) is 5.81. The number of methoxy groups -OCH3 is 1. The Kier molecular flexibility index (Phi) is 4.56. The van der Waals surface area contributed by atoms with Gasteiger partial charge >= 0.3 is 5.97 Å². The van der Waals surface area contributed by atoms with Crippen LogP contribution in [0.4, 0.5) is 5.82 Å². The number of esters is 1. The average Bonchev–Trinajstić information content (AvgIpc) is 3.05. The zero-order valence-electron chi connectivity index (χ0n) is 16.0. The van der Waals surface area contributed by atoms with Crippen molar-refractivity contribution in [3.05, 3.63) is 47.7 Å². The molecule has 1 aliphatic rings. The van der Waals surface area contributed by atoms with Crippen molar-refractivity contribution in [3.63, 3.8) is 0 Å². The van der Waals surface area contributed by atoms with E-state index >= 15 is 0 Å². The molecular weight excluding hydrogens is 340 g/mol.